The van der Waals surface area contributed by atoms with Gasteiger partial charge in [0.2, 0.25) is 5.91 Å². The third-order valence-corrected chi connectivity index (χ3v) is 5.63. The number of nitrogens with one attached hydrogen (secondary N) is 1. The average Bonchev–Trinajstić information content (AvgIpc) is 2.70. The monoisotopic (exact) mass is 358 g/mol. The van der Waals surface area contributed by atoms with Gasteiger partial charge in [0.05, 0.1) is 0 Å². The van der Waals surface area contributed by atoms with Crippen molar-refractivity contribution >= 4 is 22.4 Å². The maximum atomic E-state index is 12.7. The number of carbonyl (C=O) groups is 1. The number of amides is 1. The fraction of sp³-hybridized carbons (Fsp3) is 0.292. The third-order valence-electron chi connectivity index (χ3n) is 5.63. The summed E-state index contributed by atoms with van der Waals surface area (Å²) in [7, 11) is 0. The Morgan fingerprint density at radius 3 is 2.44 bits per heavy atom. The topological polar surface area (TPSA) is 32.3 Å². The summed E-state index contributed by atoms with van der Waals surface area (Å²) in [4.78, 5) is 15.2. The van der Waals surface area contributed by atoms with Gasteiger partial charge in [-0.1, -0.05) is 54.6 Å². The number of hydrogen-bond acceptors (Lipinski definition) is 2. The molecule has 3 aromatic carbocycles. The normalized spacial score (nSPS) is 15.7. The van der Waals surface area contributed by atoms with Crippen molar-refractivity contribution in [3.63, 3.8) is 0 Å². The summed E-state index contributed by atoms with van der Waals surface area (Å²) in [5, 5.41) is 5.47. The van der Waals surface area contributed by atoms with E-state index in [2.05, 4.69) is 65.7 Å². The highest BCUT2D eigenvalue weighted by molar-refractivity contribution is 5.95. The minimum absolute atomic E-state index is 0.101. The van der Waals surface area contributed by atoms with Crippen LogP contribution < -0.4 is 5.32 Å². The van der Waals surface area contributed by atoms with Crippen molar-refractivity contribution in [3.05, 3.63) is 77.9 Å². The quantitative estimate of drug-likeness (QED) is 0.712. The zero-order valence-electron chi connectivity index (χ0n) is 15.8. The molecule has 1 heterocycles. The van der Waals surface area contributed by atoms with Gasteiger partial charge >= 0.3 is 0 Å². The van der Waals surface area contributed by atoms with Crippen molar-refractivity contribution in [2.24, 2.45) is 5.92 Å². The van der Waals surface area contributed by atoms with Crippen LogP contribution >= 0.6 is 0 Å². The molecule has 1 fully saturated rings. The molecule has 0 aliphatic carbocycles. The molecule has 0 radical (unpaired) electrons. The summed E-state index contributed by atoms with van der Waals surface area (Å²) < 4.78 is 0. The maximum Gasteiger partial charge on any atom is 0.227 e. The lowest BCUT2D eigenvalue weighted by Crippen LogP contribution is -2.37. The Balaban J connectivity index is 1.33. The Kier molecular flexibility index (Phi) is 5.21. The van der Waals surface area contributed by atoms with Crippen molar-refractivity contribution in [3.8, 4) is 0 Å². The molecule has 138 valence electrons. The first-order valence-corrected chi connectivity index (χ1v) is 9.75. The van der Waals surface area contributed by atoms with Crippen molar-refractivity contribution in [2.75, 3.05) is 18.4 Å². The number of benzene rings is 3. The van der Waals surface area contributed by atoms with Crippen molar-refractivity contribution in [1.82, 2.24) is 4.90 Å². The van der Waals surface area contributed by atoms with E-state index in [1.807, 2.05) is 18.2 Å². The van der Waals surface area contributed by atoms with E-state index in [1.54, 1.807) is 0 Å². The fourth-order valence-electron chi connectivity index (χ4n) is 3.89. The molecular weight excluding hydrogens is 332 g/mol. The molecule has 0 unspecified atom stereocenters. The molecule has 3 nitrogen and oxygen atoms in total. The highest BCUT2D eigenvalue weighted by Gasteiger charge is 2.25. The maximum absolute atomic E-state index is 12.7. The van der Waals surface area contributed by atoms with E-state index in [9.17, 15) is 4.79 Å². The van der Waals surface area contributed by atoms with E-state index in [0.717, 1.165) is 43.5 Å². The average molecular weight is 358 g/mol. The van der Waals surface area contributed by atoms with E-state index in [0.29, 0.717) is 0 Å². The van der Waals surface area contributed by atoms with Crippen LogP contribution in [0.4, 0.5) is 5.69 Å². The molecule has 0 bridgehead atoms. The van der Waals surface area contributed by atoms with Crippen molar-refractivity contribution in [2.45, 2.75) is 26.3 Å². The molecule has 1 aliphatic rings. The molecule has 0 spiro atoms. The number of fused-ring (bicyclic) bond motifs is 1. The first kappa shape index (κ1) is 17.7. The SMILES string of the molecule is Cc1ccccc1CN1CCC(C(=O)Nc2ccc3ccccc3c2)CC1. The van der Waals surface area contributed by atoms with Gasteiger partial charge in [-0.25, -0.2) is 0 Å². The molecule has 4 rings (SSSR count). The predicted molar refractivity (Wildman–Crippen MR) is 112 cm³/mol. The van der Waals surface area contributed by atoms with E-state index in [1.165, 1.54) is 16.5 Å². The van der Waals surface area contributed by atoms with Crippen LogP contribution in [0, 0.1) is 12.8 Å². The second-order valence-corrected chi connectivity index (χ2v) is 7.53. The molecule has 0 aromatic heterocycles. The Hall–Kier alpha value is -2.65. The number of hydrogen-bond donors (Lipinski definition) is 1. The number of nitrogens with zero attached hydrogens (tertiary/aromatic N) is 1. The van der Waals surface area contributed by atoms with Gasteiger partial charge < -0.3 is 5.32 Å². The Bertz CT molecular complexity index is 942. The Morgan fingerprint density at radius 1 is 0.963 bits per heavy atom. The zero-order chi connectivity index (χ0) is 18.6. The molecule has 1 amide bonds. The van der Waals surface area contributed by atoms with Gasteiger partial charge in [-0.05, 0) is 66.9 Å². The fourth-order valence-corrected chi connectivity index (χ4v) is 3.89. The van der Waals surface area contributed by atoms with Gasteiger partial charge in [-0.15, -0.1) is 0 Å². The van der Waals surface area contributed by atoms with Gasteiger partial charge in [0.15, 0.2) is 0 Å². The molecular formula is C24H26N2O. The van der Waals surface area contributed by atoms with E-state index in [4.69, 9.17) is 0 Å². The molecule has 1 N–H and O–H groups in total. The summed E-state index contributed by atoms with van der Waals surface area (Å²) >= 11 is 0. The predicted octanol–water partition coefficient (Wildman–Crippen LogP) is 5.00. The number of anilines is 1. The molecule has 3 aromatic rings. The molecule has 1 aliphatic heterocycles. The number of rotatable bonds is 4. The van der Waals surface area contributed by atoms with Crippen LogP contribution in [-0.4, -0.2) is 23.9 Å². The Morgan fingerprint density at radius 2 is 1.67 bits per heavy atom. The minimum Gasteiger partial charge on any atom is -0.326 e. The smallest absolute Gasteiger partial charge is 0.227 e. The summed E-state index contributed by atoms with van der Waals surface area (Å²) in [6.07, 6.45) is 1.84. The van der Waals surface area contributed by atoms with Crippen LogP contribution in [0.25, 0.3) is 10.8 Å². The van der Waals surface area contributed by atoms with Crippen LogP contribution in [0.1, 0.15) is 24.0 Å². The van der Waals surface area contributed by atoms with Crippen molar-refractivity contribution in [1.29, 1.82) is 0 Å². The molecule has 0 atom stereocenters. The lowest BCUT2D eigenvalue weighted by atomic mass is 9.95. The van der Waals surface area contributed by atoms with Crippen LogP contribution in [0.15, 0.2) is 66.7 Å². The number of piperidine rings is 1. The summed E-state index contributed by atoms with van der Waals surface area (Å²) in [5.74, 6) is 0.255. The van der Waals surface area contributed by atoms with Crippen LogP contribution in [0.3, 0.4) is 0 Å². The third kappa shape index (κ3) is 4.20. The molecule has 27 heavy (non-hydrogen) atoms. The van der Waals surface area contributed by atoms with E-state index >= 15 is 0 Å². The summed E-state index contributed by atoms with van der Waals surface area (Å²) in [5.41, 5.74) is 3.62. The van der Waals surface area contributed by atoms with Crippen LogP contribution in [-0.2, 0) is 11.3 Å². The van der Waals surface area contributed by atoms with E-state index in [-0.39, 0.29) is 11.8 Å². The molecule has 0 saturated carbocycles. The first-order chi connectivity index (χ1) is 13.2. The van der Waals surface area contributed by atoms with Gasteiger partial charge in [-0.3, -0.25) is 9.69 Å². The van der Waals surface area contributed by atoms with Gasteiger partial charge in [0.1, 0.15) is 0 Å². The van der Waals surface area contributed by atoms with Gasteiger partial charge in [0, 0.05) is 18.2 Å². The highest BCUT2D eigenvalue weighted by Crippen LogP contribution is 2.23. The second kappa shape index (κ2) is 7.93. The molecule has 3 heteroatoms. The summed E-state index contributed by atoms with van der Waals surface area (Å²) in [6, 6.07) is 22.9. The number of aryl methyl sites for hydroxylation is 1. The Labute approximate surface area is 161 Å². The van der Waals surface area contributed by atoms with Crippen molar-refractivity contribution < 1.29 is 4.79 Å². The van der Waals surface area contributed by atoms with Gasteiger partial charge in [-0.2, -0.15) is 0 Å². The van der Waals surface area contributed by atoms with E-state index < -0.39 is 0 Å². The lowest BCUT2D eigenvalue weighted by molar-refractivity contribution is -0.121. The lowest BCUT2D eigenvalue weighted by Gasteiger charge is -2.31. The van der Waals surface area contributed by atoms with Crippen LogP contribution in [0.5, 0.6) is 0 Å². The van der Waals surface area contributed by atoms with Crippen LogP contribution in [0.2, 0.25) is 0 Å². The highest BCUT2D eigenvalue weighted by atomic mass is 16.1. The number of carbonyl (C=O) groups excluding carboxylic acids is 1. The number of likely N-dealkylation sites (tertiary alicyclic amines) is 1. The van der Waals surface area contributed by atoms with Gasteiger partial charge in [0.25, 0.3) is 0 Å². The molecule has 1 saturated heterocycles. The first-order valence-electron chi connectivity index (χ1n) is 9.75. The largest absolute Gasteiger partial charge is 0.326 e. The minimum atomic E-state index is 0.101. The second-order valence-electron chi connectivity index (χ2n) is 7.53. The summed E-state index contributed by atoms with van der Waals surface area (Å²) in [6.45, 7) is 5.10. The standard InChI is InChI=1S/C24H26N2O/c1-18-6-2-3-9-22(18)17-26-14-12-20(13-15-26)24(27)25-23-11-10-19-7-4-5-8-21(19)16-23/h2-11,16,20H,12-15,17H2,1H3,(H,25,27). The zero-order valence-corrected chi connectivity index (χ0v) is 15.8.